The standard InChI is InChI=1S/C33H40F2N6O3/c1-9-26(43)40-20(5)16-39(17-21(40)6)30-22-15-24(35)28(27-23(34)11-10-12-25(27)42)36-31(22)41(32(44)37-30)33(7)19(4)13-14-38(8)29(33)18(2)3/h9-13,15,18,20-21,29,42H,1,14,16-17H2,2-8H3/t20-,21+,29-,33?/m0/s1. The SMILES string of the molecule is C=CC(=O)N1[C@H](C)CN(c2nc(=O)n(C3(C)C(C)=CCN(C)[C@H]3C(C)C)c3nc(-c4c(O)cccc4F)c(F)cc23)C[C@@H]1C. The summed E-state index contributed by atoms with van der Waals surface area (Å²) < 4.78 is 32.6. The van der Waals surface area contributed by atoms with Crippen LogP contribution in [0.1, 0.15) is 41.5 Å². The number of aromatic nitrogens is 3. The maximum atomic E-state index is 16.0. The lowest BCUT2D eigenvalue weighted by molar-refractivity contribution is -0.130. The number of hydrogen-bond donors (Lipinski definition) is 1. The minimum atomic E-state index is -0.947. The van der Waals surface area contributed by atoms with Crippen molar-refractivity contribution in [2.24, 2.45) is 5.92 Å². The number of hydrogen-bond acceptors (Lipinski definition) is 7. The van der Waals surface area contributed by atoms with E-state index in [1.54, 1.807) is 4.90 Å². The van der Waals surface area contributed by atoms with E-state index in [0.29, 0.717) is 19.6 Å². The molecular formula is C33H40F2N6O3. The molecular weight excluding hydrogens is 566 g/mol. The Bertz CT molecular complexity index is 1700. The van der Waals surface area contributed by atoms with E-state index >= 15 is 8.78 Å². The van der Waals surface area contributed by atoms with Crippen molar-refractivity contribution in [2.75, 3.05) is 31.6 Å². The van der Waals surface area contributed by atoms with E-state index in [-0.39, 0.29) is 52.4 Å². The van der Waals surface area contributed by atoms with Crippen LogP contribution < -0.4 is 10.6 Å². The molecule has 1 fully saturated rings. The smallest absolute Gasteiger partial charge is 0.352 e. The van der Waals surface area contributed by atoms with Crippen molar-refractivity contribution < 1.29 is 18.7 Å². The number of aromatic hydroxyl groups is 1. The third kappa shape index (κ3) is 4.87. The molecule has 0 saturated carbocycles. The first-order chi connectivity index (χ1) is 20.7. The van der Waals surface area contributed by atoms with Gasteiger partial charge in [-0.15, -0.1) is 0 Å². The number of carbonyl (C=O) groups is 1. The Morgan fingerprint density at radius 2 is 1.82 bits per heavy atom. The molecule has 4 atom stereocenters. The van der Waals surface area contributed by atoms with Crippen molar-refractivity contribution in [1.82, 2.24) is 24.3 Å². The highest BCUT2D eigenvalue weighted by atomic mass is 19.1. The predicted octanol–water partition coefficient (Wildman–Crippen LogP) is 4.69. The first-order valence-corrected chi connectivity index (χ1v) is 14.9. The average molecular weight is 607 g/mol. The first kappa shape index (κ1) is 31.3. The molecule has 44 heavy (non-hydrogen) atoms. The zero-order valence-electron chi connectivity index (χ0n) is 26.3. The number of nitrogens with zero attached hydrogens (tertiary/aromatic N) is 6. The topological polar surface area (TPSA) is 94.8 Å². The zero-order chi connectivity index (χ0) is 32.2. The predicted molar refractivity (Wildman–Crippen MR) is 168 cm³/mol. The third-order valence-corrected chi connectivity index (χ3v) is 9.31. The van der Waals surface area contributed by atoms with Crippen LogP contribution in [0.4, 0.5) is 14.6 Å². The van der Waals surface area contributed by atoms with Crippen LogP contribution in [0.3, 0.4) is 0 Å². The number of benzene rings is 1. The van der Waals surface area contributed by atoms with E-state index in [9.17, 15) is 14.7 Å². The van der Waals surface area contributed by atoms with Gasteiger partial charge < -0.3 is 14.9 Å². The van der Waals surface area contributed by atoms with Gasteiger partial charge in [-0.05, 0) is 70.5 Å². The molecule has 1 unspecified atom stereocenters. The van der Waals surface area contributed by atoms with Crippen molar-refractivity contribution >= 4 is 22.8 Å². The van der Waals surface area contributed by atoms with Gasteiger partial charge in [-0.1, -0.05) is 32.6 Å². The Morgan fingerprint density at radius 3 is 2.41 bits per heavy atom. The molecule has 0 spiro atoms. The third-order valence-electron chi connectivity index (χ3n) is 9.31. The molecule has 1 saturated heterocycles. The molecule has 11 heteroatoms. The summed E-state index contributed by atoms with van der Waals surface area (Å²) >= 11 is 0. The summed E-state index contributed by atoms with van der Waals surface area (Å²) in [7, 11) is 1.99. The number of phenols is 1. The minimum Gasteiger partial charge on any atom is -0.507 e. The Labute approximate surface area is 256 Å². The number of anilines is 1. The van der Waals surface area contributed by atoms with Crippen LogP contribution in [-0.4, -0.2) is 80.2 Å². The van der Waals surface area contributed by atoms with E-state index in [1.807, 2.05) is 39.6 Å². The van der Waals surface area contributed by atoms with Crippen LogP contribution >= 0.6 is 0 Å². The van der Waals surface area contributed by atoms with Gasteiger partial charge in [0.25, 0.3) is 0 Å². The van der Waals surface area contributed by atoms with Crippen LogP contribution in [-0.2, 0) is 10.3 Å². The van der Waals surface area contributed by atoms with Crippen LogP contribution in [0.5, 0.6) is 5.75 Å². The van der Waals surface area contributed by atoms with E-state index in [2.05, 4.69) is 41.4 Å². The van der Waals surface area contributed by atoms with E-state index in [1.165, 1.54) is 28.8 Å². The van der Waals surface area contributed by atoms with Gasteiger partial charge in [0, 0.05) is 37.8 Å². The van der Waals surface area contributed by atoms with Gasteiger partial charge in [0.1, 0.15) is 28.7 Å². The molecule has 0 bridgehead atoms. The second-order valence-electron chi connectivity index (χ2n) is 12.6. The molecule has 1 aromatic carbocycles. The fourth-order valence-electron chi connectivity index (χ4n) is 7.45. The molecule has 1 N–H and O–H groups in total. The quantitative estimate of drug-likeness (QED) is 0.333. The lowest BCUT2D eigenvalue weighted by Crippen LogP contribution is -2.60. The average Bonchev–Trinajstić information content (AvgIpc) is 2.94. The Morgan fingerprint density at radius 1 is 1.16 bits per heavy atom. The molecule has 3 aromatic rings. The van der Waals surface area contributed by atoms with E-state index in [0.717, 1.165) is 11.6 Å². The summed E-state index contributed by atoms with van der Waals surface area (Å²) in [5.41, 5.74) is -1.28. The van der Waals surface area contributed by atoms with E-state index in [4.69, 9.17) is 0 Å². The number of amides is 1. The molecule has 2 aromatic heterocycles. The van der Waals surface area contributed by atoms with Gasteiger partial charge in [0.15, 0.2) is 5.82 Å². The van der Waals surface area contributed by atoms with Gasteiger partial charge in [0.2, 0.25) is 5.91 Å². The second-order valence-corrected chi connectivity index (χ2v) is 12.6. The van der Waals surface area contributed by atoms with Crippen LogP contribution in [0.25, 0.3) is 22.3 Å². The van der Waals surface area contributed by atoms with Crippen LogP contribution in [0, 0.1) is 17.6 Å². The van der Waals surface area contributed by atoms with Crippen molar-refractivity contribution in [3.05, 3.63) is 70.7 Å². The highest BCUT2D eigenvalue weighted by Crippen LogP contribution is 2.42. The molecule has 2 aliphatic heterocycles. The van der Waals surface area contributed by atoms with E-state index < -0.39 is 34.3 Å². The summed E-state index contributed by atoms with van der Waals surface area (Å²) in [6, 6.07) is 4.26. The normalized spacial score (nSPS) is 24.6. The maximum absolute atomic E-state index is 16.0. The molecule has 0 radical (unpaired) electrons. The Kier molecular flexibility index (Phi) is 8.13. The number of phenolic OH excluding ortho intramolecular Hbond substituents is 1. The Balaban J connectivity index is 1.84. The number of carbonyl (C=O) groups excluding carboxylic acids is 1. The van der Waals surface area contributed by atoms with Crippen molar-refractivity contribution in [1.29, 1.82) is 0 Å². The fraction of sp³-hybridized carbons (Fsp3) is 0.455. The molecule has 9 nitrogen and oxygen atoms in total. The lowest BCUT2D eigenvalue weighted by Gasteiger charge is -2.49. The Hall–Kier alpha value is -4.12. The second kappa shape index (κ2) is 11.4. The van der Waals surface area contributed by atoms with Crippen molar-refractivity contribution in [3.8, 4) is 17.0 Å². The highest BCUT2D eigenvalue weighted by molar-refractivity contribution is 5.91. The van der Waals surface area contributed by atoms with Gasteiger partial charge in [-0.3, -0.25) is 14.3 Å². The molecule has 1 amide bonds. The first-order valence-electron chi connectivity index (χ1n) is 14.9. The molecule has 234 valence electrons. The number of rotatable bonds is 5. The lowest BCUT2D eigenvalue weighted by atomic mass is 9.75. The van der Waals surface area contributed by atoms with Crippen LogP contribution in [0.15, 0.2) is 53.4 Å². The van der Waals surface area contributed by atoms with Gasteiger partial charge >= 0.3 is 5.69 Å². The summed E-state index contributed by atoms with van der Waals surface area (Å²) in [6.45, 7) is 16.8. The van der Waals surface area contributed by atoms with Gasteiger partial charge in [0.05, 0.1) is 16.5 Å². The molecule has 2 aliphatic rings. The molecule has 5 rings (SSSR count). The van der Waals surface area contributed by atoms with Crippen molar-refractivity contribution in [3.63, 3.8) is 0 Å². The number of piperazine rings is 1. The largest absolute Gasteiger partial charge is 0.507 e. The van der Waals surface area contributed by atoms with Gasteiger partial charge in [-0.25, -0.2) is 18.6 Å². The number of likely N-dealkylation sites (N-methyl/N-ethyl adjacent to an activating group) is 1. The molecule has 0 aliphatic carbocycles. The number of fused-ring (bicyclic) bond motifs is 1. The number of pyridine rings is 1. The minimum absolute atomic E-state index is 0.1000. The summed E-state index contributed by atoms with van der Waals surface area (Å²) in [5.74, 6) is -2.05. The fourth-order valence-corrected chi connectivity index (χ4v) is 7.45. The van der Waals surface area contributed by atoms with Crippen LogP contribution in [0.2, 0.25) is 0 Å². The summed E-state index contributed by atoms with van der Waals surface area (Å²) in [5, 5.41) is 10.8. The maximum Gasteiger partial charge on any atom is 0.352 e. The van der Waals surface area contributed by atoms with Gasteiger partial charge in [-0.2, -0.15) is 4.98 Å². The number of halogens is 2. The highest BCUT2D eigenvalue weighted by Gasteiger charge is 2.46. The summed E-state index contributed by atoms with van der Waals surface area (Å²) in [6.07, 6.45) is 3.33. The molecule has 4 heterocycles. The zero-order valence-corrected chi connectivity index (χ0v) is 26.3. The summed E-state index contributed by atoms with van der Waals surface area (Å²) in [4.78, 5) is 41.9. The van der Waals surface area contributed by atoms with Crippen molar-refractivity contribution in [2.45, 2.75) is 65.2 Å². The monoisotopic (exact) mass is 606 g/mol.